The van der Waals surface area contributed by atoms with E-state index in [1.807, 2.05) is 11.6 Å². The van der Waals surface area contributed by atoms with Gasteiger partial charge < -0.3 is 10.4 Å². The zero-order valence-electron chi connectivity index (χ0n) is 13.3. The van der Waals surface area contributed by atoms with Gasteiger partial charge in [-0.2, -0.15) is 5.10 Å². The second-order valence-electron chi connectivity index (χ2n) is 6.34. The second kappa shape index (κ2) is 7.07. The van der Waals surface area contributed by atoms with Gasteiger partial charge in [0, 0.05) is 19.0 Å². The minimum atomic E-state index is -0.328. The number of carbonyl (C=O) groups is 1. The molecular formula is C16H27N3O2. The number of hydrogen-bond donors (Lipinski definition) is 2. The van der Waals surface area contributed by atoms with E-state index in [2.05, 4.69) is 17.3 Å². The number of amides is 1. The fraction of sp³-hybridized carbons (Fsp3) is 0.750. The van der Waals surface area contributed by atoms with Crippen LogP contribution in [0, 0.1) is 5.92 Å². The topological polar surface area (TPSA) is 67.2 Å². The van der Waals surface area contributed by atoms with E-state index in [9.17, 15) is 9.90 Å². The molecule has 1 amide bonds. The summed E-state index contributed by atoms with van der Waals surface area (Å²) in [5, 5.41) is 16.7. The summed E-state index contributed by atoms with van der Waals surface area (Å²) in [6, 6.07) is 0. The first kappa shape index (κ1) is 16.0. The van der Waals surface area contributed by atoms with Crippen LogP contribution in [0.4, 0.5) is 0 Å². The Morgan fingerprint density at radius 2 is 2.24 bits per heavy atom. The number of aliphatic hydroxyl groups is 1. The highest BCUT2D eigenvalue weighted by molar-refractivity contribution is 5.95. The minimum absolute atomic E-state index is 0.0308. The molecule has 1 saturated carbocycles. The van der Waals surface area contributed by atoms with Gasteiger partial charge in [0.05, 0.1) is 23.6 Å². The summed E-state index contributed by atoms with van der Waals surface area (Å²) in [5.74, 6) is 0.746. The Morgan fingerprint density at radius 3 is 2.81 bits per heavy atom. The maximum atomic E-state index is 12.4. The first-order chi connectivity index (χ1) is 10.0. The number of hydrogen-bond acceptors (Lipinski definition) is 3. The fourth-order valence-electron chi connectivity index (χ4n) is 2.77. The number of carbonyl (C=O) groups excluding carboxylic acids is 1. The standard InChI is InChI=1S/C16H27N3O2/c1-4-7-19-15(13-5-6-13)14(10-18-19)16(21)17-9-11(2)8-12(3)20/h10-13,20H,4-9H2,1-3H3,(H,17,21). The van der Waals surface area contributed by atoms with Gasteiger partial charge in [0.15, 0.2) is 0 Å². The molecule has 21 heavy (non-hydrogen) atoms. The molecule has 5 heteroatoms. The molecule has 1 aromatic rings. The third-order valence-electron chi connectivity index (χ3n) is 3.88. The number of nitrogens with zero attached hydrogens (tertiary/aromatic N) is 2. The van der Waals surface area contributed by atoms with Crippen molar-refractivity contribution in [2.75, 3.05) is 6.54 Å². The Balaban J connectivity index is 1.99. The van der Waals surface area contributed by atoms with Crippen molar-refractivity contribution in [1.82, 2.24) is 15.1 Å². The Morgan fingerprint density at radius 1 is 1.52 bits per heavy atom. The molecule has 0 saturated heterocycles. The van der Waals surface area contributed by atoms with Crippen molar-refractivity contribution in [3.63, 3.8) is 0 Å². The van der Waals surface area contributed by atoms with Crippen LogP contribution >= 0.6 is 0 Å². The molecule has 5 nitrogen and oxygen atoms in total. The molecule has 0 spiro atoms. The second-order valence-corrected chi connectivity index (χ2v) is 6.34. The molecule has 0 aliphatic heterocycles. The zero-order valence-corrected chi connectivity index (χ0v) is 13.3. The van der Waals surface area contributed by atoms with Gasteiger partial charge in [-0.3, -0.25) is 9.48 Å². The van der Waals surface area contributed by atoms with Crippen molar-refractivity contribution in [1.29, 1.82) is 0 Å². The Kier molecular flexibility index (Phi) is 5.39. The maximum Gasteiger partial charge on any atom is 0.254 e. The first-order valence-electron chi connectivity index (χ1n) is 8.04. The van der Waals surface area contributed by atoms with Crippen molar-refractivity contribution >= 4 is 5.91 Å². The van der Waals surface area contributed by atoms with Crippen molar-refractivity contribution in [3.05, 3.63) is 17.5 Å². The van der Waals surface area contributed by atoms with E-state index in [0.29, 0.717) is 18.9 Å². The van der Waals surface area contributed by atoms with Gasteiger partial charge in [0.25, 0.3) is 5.91 Å². The van der Waals surface area contributed by atoms with Gasteiger partial charge >= 0.3 is 0 Å². The lowest BCUT2D eigenvalue weighted by Gasteiger charge is -2.14. The Hall–Kier alpha value is -1.36. The van der Waals surface area contributed by atoms with Gasteiger partial charge in [-0.1, -0.05) is 13.8 Å². The average molecular weight is 293 g/mol. The van der Waals surface area contributed by atoms with Crippen LogP contribution in [-0.4, -0.2) is 33.4 Å². The molecule has 0 aromatic carbocycles. The molecule has 1 aromatic heterocycles. The molecule has 1 fully saturated rings. The number of aliphatic hydroxyl groups excluding tert-OH is 1. The van der Waals surface area contributed by atoms with Crippen LogP contribution in [0.5, 0.6) is 0 Å². The smallest absolute Gasteiger partial charge is 0.254 e. The van der Waals surface area contributed by atoms with Gasteiger partial charge in [0.2, 0.25) is 0 Å². The summed E-state index contributed by atoms with van der Waals surface area (Å²) in [5.41, 5.74) is 1.84. The van der Waals surface area contributed by atoms with Crippen LogP contribution in [0.25, 0.3) is 0 Å². The van der Waals surface area contributed by atoms with Crippen LogP contribution in [0.3, 0.4) is 0 Å². The van der Waals surface area contributed by atoms with Gasteiger partial charge in [-0.05, 0) is 38.5 Å². The molecule has 1 heterocycles. The molecule has 118 valence electrons. The fourth-order valence-corrected chi connectivity index (χ4v) is 2.77. The third kappa shape index (κ3) is 4.30. The van der Waals surface area contributed by atoms with E-state index in [4.69, 9.17) is 0 Å². The highest BCUT2D eigenvalue weighted by Crippen LogP contribution is 2.41. The summed E-state index contributed by atoms with van der Waals surface area (Å²) in [7, 11) is 0. The minimum Gasteiger partial charge on any atom is -0.393 e. The largest absolute Gasteiger partial charge is 0.393 e. The lowest BCUT2D eigenvalue weighted by molar-refractivity contribution is 0.0938. The number of aryl methyl sites for hydroxylation is 1. The monoisotopic (exact) mass is 293 g/mol. The lowest BCUT2D eigenvalue weighted by Crippen LogP contribution is -2.30. The molecule has 2 atom stereocenters. The quantitative estimate of drug-likeness (QED) is 0.773. The van der Waals surface area contributed by atoms with E-state index in [1.54, 1.807) is 13.1 Å². The van der Waals surface area contributed by atoms with Crippen LogP contribution in [-0.2, 0) is 6.54 Å². The highest BCUT2D eigenvalue weighted by atomic mass is 16.3. The number of aromatic nitrogens is 2. The predicted molar refractivity (Wildman–Crippen MR) is 82.3 cm³/mol. The summed E-state index contributed by atoms with van der Waals surface area (Å²) >= 11 is 0. The lowest BCUT2D eigenvalue weighted by atomic mass is 10.0. The molecule has 0 bridgehead atoms. The van der Waals surface area contributed by atoms with E-state index in [-0.39, 0.29) is 17.9 Å². The van der Waals surface area contributed by atoms with Crippen LogP contribution < -0.4 is 5.32 Å². The van der Waals surface area contributed by atoms with E-state index in [0.717, 1.165) is 37.1 Å². The normalized spacial score (nSPS) is 17.5. The molecule has 2 unspecified atom stereocenters. The number of nitrogens with one attached hydrogen (secondary N) is 1. The zero-order chi connectivity index (χ0) is 15.4. The Bertz CT molecular complexity index is 478. The molecule has 1 aliphatic carbocycles. The van der Waals surface area contributed by atoms with Crippen molar-refractivity contribution < 1.29 is 9.90 Å². The molecule has 2 N–H and O–H groups in total. The van der Waals surface area contributed by atoms with Gasteiger partial charge in [-0.25, -0.2) is 0 Å². The van der Waals surface area contributed by atoms with Crippen molar-refractivity contribution in [3.8, 4) is 0 Å². The maximum absolute atomic E-state index is 12.4. The van der Waals surface area contributed by atoms with Crippen LogP contribution in [0.1, 0.15) is 68.4 Å². The summed E-state index contributed by atoms with van der Waals surface area (Å²) in [6.07, 6.45) is 5.42. The van der Waals surface area contributed by atoms with Crippen LogP contribution in [0.2, 0.25) is 0 Å². The van der Waals surface area contributed by atoms with Crippen LogP contribution in [0.15, 0.2) is 6.20 Å². The molecular weight excluding hydrogens is 266 g/mol. The number of rotatable bonds is 8. The molecule has 2 rings (SSSR count). The van der Waals surface area contributed by atoms with Gasteiger partial charge in [-0.15, -0.1) is 0 Å². The Labute approximate surface area is 126 Å². The predicted octanol–water partition coefficient (Wildman–Crippen LogP) is 2.31. The average Bonchev–Trinajstić information content (AvgIpc) is 3.17. The highest BCUT2D eigenvalue weighted by Gasteiger charge is 2.32. The first-order valence-corrected chi connectivity index (χ1v) is 8.04. The van der Waals surface area contributed by atoms with Crippen molar-refractivity contribution in [2.45, 2.75) is 65.0 Å². The summed E-state index contributed by atoms with van der Waals surface area (Å²) in [4.78, 5) is 12.4. The summed E-state index contributed by atoms with van der Waals surface area (Å²) in [6.45, 7) is 7.40. The molecule has 1 aliphatic rings. The van der Waals surface area contributed by atoms with E-state index < -0.39 is 0 Å². The van der Waals surface area contributed by atoms with E-state index >= 15 is 0 Å². The van der Waals surface area contributed by atoms with E-state index in [1.165, 1.54) is 0 Å². The SMILES string of the molecule is CCCn1ncc(C(=O)NCC(C)CC(C)O)c1C1CC1. The van der Waals surface area contributed by atoms with Crippen molar-refractivity contribution in [2.24, 2.45) is 5.92 Å². The van der Waals surface area contributed by atoms with Gasteiger partial charge in [0.1, 0.15) is 0 Å². The third-order valence-corrected chi connectivity index (χ3v) is 3.88. The molecule has 0 radical (unpaired) electrons. The summed E-state index contributed by atoms with van der Waals surface area (Å²) < 4.78 is 1.99.